The molecule has 1 N–H and O–H groups in total. The maximum Gasteiger partial charge on any atom is 0.410 e. The normalized spacial score (nSPS) is 29.0. The topological polar surface area (TPSA) is 49.8 Å². The van der Waals surface area contributed by atoms with Gasteiger partial charge in [-0.05, 0) is 76.5 Å². The summed E-state index contributed by atoms with van der Waals surface area (Å²) in [4.78, 5) is 14.3. The van der Waals surface area contributed by atoms with Crippen LogP contribution in [0.5, 0.6) is 0 Å². The smallest absolute Gasteiger partial charge is 0.410 e. The second kappa shape index (κ2) is 7.81. The van der Waals surface area contributed by atoms with Gasteiger partial charge in [-0.25, -0.2) is 4.79 Å². The van der Waals surface area contributed by atoms with Crippen LogP contribution in [0, 0.1) is 5.92 Å². The maximum absolute atomic E-state index is 12.5. The molecule has 0 bridgehead atoms. The van der Waals surface area contributed by atoms with E-state index in [4.69, 9.17) is 27.9 Å². The third-order valence-electron chi connectivity index (χ3n) is 5.96. The Balaban J connectivity index is 1.84. The molecule has 2 fully saturated rings. The summed E-state index contributed by atoms with van der Waals surface area (Å²) in [7, 11) is 0. The van der Waals surface area contributed by atoms with E-state index < -0.39 is 5.60 Å². The number of likely N-dealkylation sites (tertiary alicyclic amines) is 1. The van der Waals surface area contributed by atoms with Gasteiger partial charge in [0, 0.05) is 18.5 Å². The third-order valence-corrected chi connectivity index (χ3v) is 6.70. The number of hydrogen-bond acceptors (Lipinski definition) is 3. The highest BCUT2D eigenvalue weighted by molar-refractivity contribution is 6.42. The van der Waals surface area contributed by atoms with E-state index in [2.05, 4.69) is 6.07 Å². The lowest BCUT2D eigenvalue weighted by Crippen LogP contribution is -2.42. The molecular weight excluding hydrogens is 385 g/mol. The summed E-state index contributed by atoms with van der Waals surface area (Å²) in [6, 6.07) is 5.88. The van der Waals surface area contributed by atoms with E-state index in [1.807, 2.05) is 37.8 Å². The molecule has 1 saturated carbocycles. The molecule has 4 nitrogen and oxygen atoms in total. The molecule has 2 aliphatic rings. The van der Waals surface area contributed by atoms with Gasteiger partial charge in [0.2, 0.25) is 0 Å². The Bertz CT molecular complexity index is 693. The monoisotopic (exact) mass is 413 g/mol. The molecule has 1 aromatic carbocycles. The van der Waals surface area contributed by atoms with Crippen molar-refractivity contribution in [3.8, 4) is 0 Å². The Morgan fingerprint density at radius 1 is 1.19 bits per heavy atom. The first-order valence-corrected chi connectivity index (χ1v) is 10.5. The van der Waals surface area contributed by atoms with Crippen LogP contribution in [0.25, 0.3) is 0 Å². The zero-order valence-electron chi connectivity index (χ0n) is 16.3. The van der Waals surface area contributed by atoms with E-state index in [1.54, 1.807) is 0 Å². The van der Waals surface area contributed by atoms with Gasteiger partial charge in [-0.3, -0.25) is 0 Å². The molecule has 27 heavy (non-hydrogen) atoms. The predicted molar refractivity (Wildman–Crippen MR) is 109 cm³/mol. The standard InChI is InChI=1S/C21H29Cl2NO3/c1-20(2,3)27-19(26)24-11-8-15(13-24)21(9-6-16(25)7-10-21)14-4-5-17(22)18(23)12-14/h4-5,12,15-16,25H,6-11,13H2,1-3H3. The van der Waals surface area contributed by atoms with Crippen molar-refractivity contribution < 1.29 is 14.6 Å². The van der Waals surface area contributed by atoms with Crippen molar-refractivity contribution in [3.63, 3.8) is 0 Å². The molecular formula is C21H29Cl2NO3. The van der Waals surface area contributed by atoms with Crippen molar-refractivity contribution in [3.05, 3.63) is 33.8 Å². The predicted octanol–water partition coefficient (Wildman–Crippen LogP) is 5.42. The minimum absolute atomic E-state index is 0.0930. The van der Waals surface area contributed by atoms with Gasteiger partial charge in [0.1, 0.15) is 5.60 Å². The fraction of sp³-hybridized carbons (Fsp3) is 0.667. The van der Waals surface area contributed by atoms with E-state index in [0.29, 0.717) is 29.1 Å². The largest absolute Gasteiger partial charge is 0.444 e. The molecule has 1 aliphatic carbocycles. The molecule has 1 saturated heterocycles. The maximum atomic E-state index is 12.5. The van der Waals surface area contributed by atoms with Crippen LogP contribution in [-0.2, 0) is 10.2 Å². The summed E-state index contributed by atoms with van der Waals surface area (Å²) in [5.41, 5.74) is 0.579. The first-order chi connectivity index (χ1) is 12.6. The average Bonchev–Trinajstić information content (AvgIpc) is 3.08. The number of halogens is 2. The quantitative estimate of drug-likeness (QED) is 0.703. The van der Waals surface area contributed by atoms with Gasteiger partial charge >= 0.3 is 6.09 Å². The molecule has 6 heteroatoms. The Hall–Kier alpha value is -0.970. The number of hydrogen-bond donors (Lipinski definition) is 1. The molecule has 1 atom stereocenters. The number of benzene rings is 1. The summed E-state index contributed by atoms with van der Waals surface area (Å²) < 4.78 is 5.56. The van der Waals surface area contributed by atoms with Crippen molar-refractivity contribution in [1.82, 2.24) is 4.90 Å². The van der Waals surface area contributed by atoms with E-state index in [9.17, 15) is 9.90 Å². The van der Waals surface area contributed by atoms with Crippen molar-refractivity contribution >= 4 is 29.3 Å². The van der Waals surface area contributed by atoms with Gasteiger partial charge in [0.05, 0.1) is 16.1 Å². The molecule has 3 rings (SSSR count). The minimum Gasteiger partial charge on any atom is -0.444 e. The van der Waals surface area contributed by atoms with Crippen LogP contribution in [0.2, 0.25) is 10.0 Å². The van der Waals surface area contributed by atoms with Gasteiger partial charge < -0.3 is 14.7 Å². The molecule has 1 aliphatic heterocycles. The van der Waals surface area contributed by atoms with Crippen LogP contribution < -0.4 is 0 Å². The van der Waals surface area contributed by atoms with Crippen molar-refractivity contribution in [1.29, 1.82) is 0 Å². The summed E-state index contributed by atoms with van der Waals surface area (Å²) in [5, 5.41) is 11.2. The van der Waals surface area contributed by atoms with Crippen LogP contribution in [0.3, 0.4) is 0 Å². The molecule has 0 aromatic heterocycles. The number of rotatable bonds is 2. The fourth-order valence-electron chi connectivity index (χ4n) is 4.56. The summed E-state index contributed by atoms with van der Waals surface area (Å²) in [6.07, 6.45) is 3.74. The lowest BCUT2D eigenvalue weighted by Gasteiger charge is -2.44. The first-order valence-electron chi connectivity index (χ1n) is 9.72. The number of carbonyl (C=O) groups excluding carboxylic acids is 1. The van der Waals surface area contributed by atoms with Gasteiger partial charge in [0.25, 0.3) is 0 Å². The Morgan fingerprint density at radius 2 is 1.85 bits per heavy atom. The lowest BCUT2D eigenvalue weighted by molar-refractivity contribution is 0.0263. The highest BCUT2D eigenvalue weighted by atomic mass is 35.5. The fourth-order valence-corrected chi connectivity index (χ4v) is 4.86. The molecule has 150 valence electrons. The van der Waals surface area contributed by atoms with Gasteiger partial charge in [0.15, 0.2) is 0 Å². The second-order valence-electron chi connectivity index (χ2n) is 8.93. The molecule has 1 unspecified atom stereocenters. The molecule has 1 amide bonds. The lowest BCUT2D eigenvalue weighted by atomic mass is 9.61. The first kappa shape index (κ1) is 20.8. The van der Waals surface area contributed by atoms with E-state index >= 15 is 0 Å². The van der Waals surface area contributed by atoms with Crippen LogP contribution >= 0.6 is 23.2 Å². The highest BCUT2D eigenvalue weighted by Gasteiger charge is 2.46. The zero-order valence-corrected chi connectivity index (χ0v) is 17.8. The SMILES string of the molecule is CC(C)(C)OC(=O)N1CCC(C2(c3ccc(Cl)c(Cl)c3)CCC(O)CC2)C1. The average molecular weight is 414 g/mol. The summed E-state index contributed by atoms with van der Waals surface area (Å²) >= 11 is 12.4. The van der Waals surface area contributed by atoms with E-state index in [1.165, 1.54) is 5.56 Å². The molecule has 0 spiro atoms. The Morgan fingerprint density at radius 3 is 2.44 bits per heavy atom. The van der Waals surface area contributed by atoms with Crippen LogP contribution in [-0.4, -0.2) is 40.9 Å². The molecule has 1 heterocycles. The number of amides is 1. The van der Waals surface area contributed by atoms with Gasteiger partial charge in [-0.2, -0.15) is 0 Å². The van der Waals surface area contributed by atoms with E-state index in [-0.39, 0.29) is 17.6 Å². The highest BCUT2D eigenvalue weighted by Crippen LogP contribution is 2.49. The number of nitrogens with zero attached hydrogens (tertiary/aromatic N) is 1. The zero-order chi connectivity index (χ0) is 19.8. The van der Waals surface area contributed by atoms with Crippen LogP contribution in [0.15, 0.2) is 18.2 Å². The number of aliphatic hydroxyl groups excluding tert-OH is 1. The molecule has 1 aromatic rings. The number of aliphatic hydroxyl groups is 1. The van der Waals surface area contributed by atoms with Gasteiger partial charge in [-0.15, -0.1) is 0 Å². The minimum atomic E-state index is -0.495. The summed E-state index contributed by atoms with van der Waals surface area (Å²) in [6.45, 7) is 7.03. The van der Waals surface area contributed by atoms with Crippen molar-refractivity contribution in [2.24, 2.45) is 5.92 Å². The van der Waals surface area contributed by atoms with E-state index in [0.717, 1.165) is 32.1 Å². The van der Waals surface area contributed by atoms with Crippen molar-refractivity contribution in [2.45, 2.75) is 70.0 Å². The second-order valence-corrected chi connectivity index (χ2v) is 9.74. The molecule has 0 radical (unpaired) electrons. The summed E-state index contributed by atoms with van der Waals surface area (Å²) in [5.74, 6) is 0.315. The van der Waals surface area contributed by atoms with Gasteiger partial charge in [-0.1, -0.05) is 29.3 Å². The van der Waals surface area contributed by atoms with Crippen LogP contribution in [0.1, 0.15) is 58.4 Å². The Kier molecular flexibility index (Phi) is 6.00. The Labute approximate surface area is 171 Å². The van der Waals surface area contributed by atoms with Crippen molar-refractivity contribution in [2.75, 3.05) is 13.1 Å². The number of carbonyl (C=O) groups is 1. The third kappa shape index (κ3) is 4.55. The van der Waals surface area contributed by atoms with Crippen LogP contribution in [0.4, 0.5) is 4.79 Å². The number of ether oxygens (including phenoxy) is 1.